The summed E-state index contributed by atoms with van der Waals surface area (Å²) in [6.07, 6.45) is 1.29. The van der Waals surface area contributed by atoms with Gasteiger partial charge >= 0.3 is 12.0 Å². The summed E-state index contributed by atoms with van der Waals surface area (Å²) in [4.78, 5) is 22.2. The van der Waals surface area contributed by atoms with Crippen LogP contribution in [0.1, 0.15) is 33.1 Å². The average molecular weight is 296 g/mol. The zero-order valence-electron chi connectivity index (χ0n) is 12.3. The number of carbonyl (C=O) groups excluding carboxylic acids is 1. The fourth-order valence-corrected chi connectivity index (χ4v) is 1.81. The van der Waals surface area contributed by atoms with Crippen molar-refractivity contribution >= 4 is 17.7 Å². The van der Waals surface area contributed by atoms with Gasteiger partial charge in [0.05, 0.1) is 5.69 Å². The van der Waals surface area contributed by atoms with Gasteiger partial charge in [0.15, 0.2) is 0 Å². The van der Waals surface area contributed by atoms with E-state index in [0.717, 1.165) is 0 Å². The first-order valence-corrected chi connectivity index (χ1v) is 6.81. The number of amides is 2. The predicted molar refractivity (Wildman–Crippen MR) is 78.7 cm³/mol. The summed E-state index contributed by atoms with van der Waals surface area (Å²) in [6, 6.07) is 5.45. The first-order chi connectivity index (χ1) is 9.80. The van der Waals surface area contributed by atoms with E-state index in [1.807, 2.05) is 13.8 Å². The summed E-state index contributed by atoms with van der Waals surface area (Å²) in [6.45, 7) is 4.30. The van der Waals surface area contributed by atoms with Crippen molar-refractivity contribution in [3.63, 3.8) is 0 Å². The second kappa shape index (κ2) is 7.61. The Kier molecular flexibility index (Phi) is 6.14. The van der Waals surface area contributed by atoms with E-state index in [2.05, 4.69) is 10.6 Å². The second-order valence-corrected chi connectivity index (χ2v) is 5.67. The zero-order valence-corrected chi connectivity index (χ0v) is 12.3. The number of urea groups is 1. The maximum absolute atomic E-state index is 13.3. The minimum Gasteiger partial charge on any atom is -0.481 e. The van der Waals surface area contributed by atoms with Gasteiger partial charge in [-0.25, -0.2) is 9.18 Å². The standard InChI is InChI=1S/C15H21FN2O3/c1-15(2,8-7-13(19)20)9-10-17-14(21)18-12-6-4-3-5-11(12)16/h3-6H,7-10H2,1-2H3,(H,19,20)(H2,17,18,21). The molecule has 0 aliphatic carbocycles. The third-order valence-electron chi connectivity index (χ3n) is 3.23. The highest BCUT2D eigenvalue weighted by Gasteiger charge is 2.19. The van der Waals surface area contributed by atoms with Crippen LogP contribution >= 0.6 is 0 Å². The quantitative estimate of drug-likeness (QED) is 0.723. The number of hydrogen-bond acceptors (Lipinski definition) is 2. The number of rotatable bonds is 7. The normalized spacial score (nSPS) is 11.0. The van der Waals surface area contributed by atoms with Crippen molar-refractivity contribution < 1.29 is 19.1 Å². The molecule has 0 fully saturated rings. The van der Waals surface area contributed by atoms with Crippen LogP contribution in [0.25, 0.3) is 0 Å². The maximum atomic E-state index is 13.3. The van der Waals surface area contributed by atoms with Gasteiger partial charge in [0.1, 0.15) is 5.82 Å². The van der Waals surface area contributed by atoms with Crippen molar-refractivity contribution in [1.82, 2.24) is 5.32 Å². The molecule has 0 saturated carbocycles. The van der Waals surface area contributed by atoms with Gasteiger partial charge in [-0.2, -0.15) is 0 Å². The van der Waals surface area contributed by atoms with Gasteiger partial charge < -0.3 is 15.7 Å². The van der Waals surface area contributed by atoms with Gasteiger partial charge in [-0.3, -0.25) is 4.79 Å². The number of halogens is 1. The van der Waals surface area contributed by atoms with Crippen molar-refractivity contribution in [3.05, 3.63) is 30.1 Å². The van der Waals surface area contributed by atoms with Gasteiger partial charge in [-0.1, -0.05) is 26.0 Å². The molecule has 0 aliphatic heterocycles. The molecule has 5 nitrogen and oxygen atoms in total. The first kappa shape index (κ1) is 16.9. The molecule has 0 radical (unpaired) electrons. The largest absolute Gasteiger partial charge is 0.481 e. The summed E-state index contributed by atoms with van der Waals surface area (Å²) >= 11 is 0. The summed E-state index contributed by atoms with van der Waals surface area (Å²) in [5, 5.41) is 13.7. The summed E-state index contributed by atoms with van der Waals surface area (Å²) in [5.41, 5.74) is -0.0518. The highest BCUT2D eigenvalue weighted by Crippen LogP contribution is 2.26. The number of hydrogen-bond donors (Lipinski definition) is 3. The van der Waals surface area contributed by atoms with Crippen molar-refractivity contribution in [1.29, 1.82) is 0 Å². The molecule has 1 rings (SSSR count). The highest BCUT2D eigenvalue weighted by atomic mass is 19.1. The Bertz CT molecular complexity index is 503. The van der Waals surface area contributed by atoms with E-state index in [1.165, 1.54) is 12.1 Å². The van der Waals surface area contributed by atoms with Gasteiger partial charge in [-0.05, 0) is 30.4 Å². The van der Waals surface area contributed by atoms with E-state index in [-0.39, 0.29) is 17.5 Å². The topological polar surface area (TPSA) is 78.4 Å². The molecule has 3 N–H and O–H groups in total. The number of aliphatic carboxylic acids is 1. The van der Waals surface area contributed by atoms with Crippen molar-refractivity contribution in [3.8, 4) is 0 Å². The highest BCUT2D eigenvalue weighted by molar-refractivity contribution is 5.89. The van der Waals surface area contributed by atoms with Crippen LogP contribution in [0.2, 0.25) is 0 Å². The lowest BCUT2D eigenvalue weighted by molar-refractivity contribution is -0.137. The molecule has 1 aromatic rings. The van der Waals surface area contributed by atoms with Crippen molar-refractivity contribution in [2.24, 2.45) is 5.41 Å². The van der Waals surface area contributed by atoms with Crippen LogP contribution in [0.5, 0.6) is 0 Å². The first-order valence-electron chi connectivity index (χ1n) is 6.81. The molecule has 116 valence electrons. The van der Waals surface area contributed by atoms with E-state index < -0.39 is 17.8 Å². The Morgan fingerprint density at radius 2 is 1.90 bits per heavy atom. The van der Waals surface area contributed by atoms with Crippen molar-refractivity contribution in [2.45, 2.75) is 33.1 Å². The Balaban J connectivity index is 2.33. The minimum absolute atomic E-state index is 0.106. The lowest BCUT2D eigenvalue weighted by atomic mass is 9.84. The Morgan fingerprint density at radius 1 is 1.24 bits per heavy atom. The van der Waals surface area contributed by atoms with Crippen LogP contribution in [-0.2, 0) is 4.79 Å². The van der Waals surface area contributed by atoms with Gasteiger partial charge in [0.2, 0.25) is 0 Å². The predicted octanol–water partition coefficient (Wildman–Crippen LogP) is 3.23. The SMILES string of the molecule is CC(C)(CCNC(=O)Nc1ccccc1F)CCC(=O)O. The third kappa shape index (κ3) is 6.74. The third-order valence-corrected chi connectivity index (χ3v) is 3.23. The van der Waals surface area contributed by atoms with Crippen LogP contribution in [0, 0.1) is 11.2 Å². The molecule has 0 heterocycles. The number of para-hydroxylation sites is 1. The number of benzene rings is 1. The molecular weight excluding hydrogens is 275 g/mol. The molecular formula is C15H21FN2O3. The molecule has 0 unspecified atom stereocenters. The molecule has 0 bridgehead atoms. The number of carbonyl (C=O) groups is 2. The van der Waals surface area contributed by atoms with E-state index in [1.54, 1.807) is 12.1 Å². The van der Waals surface area contributed by atoms with Crippen LogP contribution < -0.4 is 10.6 Å². The number of nitrogens with one attached hydrogen (secondary N) is 2. The molecule has 0 spiro atoms. The molecule has 1 aromatic carbocycles. The monoisotopic (exact) mass is 296 g/mol. The average Bonchev–Trinajstić information content (AvgIpc) is 2.39. The molecule has 0 saturated heterocycles. The summed E-state index contributed by atoms with van der Waals surface area (Å²) in [5.74, 6) is -1.32. The Labute approximate surface area is 123 Å². The smallest absolute Gasteiger partial charge is 0.319 e. The summed E-state index contributed by atoms with van der Waals surface area (Å²) < 4.78 is 13.3. The second-order valence-electron chi connectivity index (χ2n) is 5.67. The van der Waals surface area contributed by atoms with E-state index in [0.29, 0.717) is 19.4 Å². The fourth-order valence-electron chi connectivity index (χ4n) is 1.81. The van der Waals surface area contributed by atoms with Crippen LogP contribution in [-0.4, -0.2) is 23.7 Å². The minimum atomic E-state index is -0.826. The lowest BCUT2D eigenvalue weighted by Crippen LogP contribution is -2.32. The van der Waals surface area contributed by atoms with E-state index >= 15 is 0 Å². The zero-order chi connectivity index (χ0) is 15.9. The van der Waals surface area contributed by atoms with Crippen LogP contribution in [0.3, 0.4) is 0 Å². The van der Waals surface area contributed by atoms with E-state index in [4.69, 9.17) is 5.11 Å². The summed E-state index contributed by atoms with van der Waals surface area (Å²) in [7, 11) is 0. The van der Waals surface area contributed by atoms with Crippen LogP contribution in [0.15, 0.2) is 24.3 Å². The number of carboxylic acid groups (broad SMARTS) is 1. The van der Waals surface area contributed by atoms with Gasteiger partial charge in [0, 0.05) is 13.0 Å². The van der Waals surface area contributed by atoms with Gasteiger partial charge in [0.25, 0.3) is 0 Å². The molecule has 0 aromatic heterocycles. The van der Waals surface area contributed by atoms with Gasteiger partial charge in [-0.15, -0.1) is 0 Å². The number of anilines is 1. The Hall–Kier alpha value is -2.11. The van der Waals surface area contributed by atoms with Crippen molar-refractivity contribution in [2.75, 3.05) is 11.9 Å². The lowest BCUT2D eigenvalue weighted by Gasteiger charge is -2.23. The van der Waals surface area contributed by atoms with E-state index in [9.17, 15) is 14.0 Å². The molecule has 2 amide bonds. The molecule has 0 atom stereocenters. The van der Waals surface area contributed by atoms with Crippen LogP contribution in [0.4, 0.5) is 14.9 Å². The molecule has 6 heteroatoms. The maximum Gasteiger partial charge on any atom is 0.319 e. The number of carboxylic acids is 1. The Morgan fingerprint density at radius 3 is 2.52 bits per heavy atom. The fraction of sp³-hybridized carbons (Fsp3) is 0.467. The molecule has 21 heavy (non-hydrogen) atoms. The molecule has 0 aliphatic rings.